The predicted octanol–water partition coefficient (Wildman–Crippen LogP) is 7.78. The average Bonchev–Trinajstić information content (AvgIpc) is 3.49. The quantitative estimate of drug-likeness (QED) is 0.0632. The second-order valence-electron chi connectivity index (χ2n) is 16.9. The summed E-state index contributed by atoms with van der Waals surface area (Å²) in [7, 11) is -3.07. The monoisotopic (exact) mass is 806 g/mol. The van der Waals surface area contributed by atoms with Gasteiger partial charge in [0, 0.05) is 12.1 Å². The molecule has 0 radical (unpaired) electrons. The first-order valence-electron chi connectivity index (χ1n) is 20.5. The second-order valence-corrected chi connectivity index (χ2v) is 21.2. The van der Waals surface area contributed by atoms with E-state index in [4.69, 9.17) is 4.43 Å². The highest BCUT2D eigenvalue weighted by atomic mass is 28.4. The molecule has 2 amide bonds. The molecule has 1 aliphatic carbocycles. The lowest BCUT2D eigenvalue weighted by atomic mass is 9.68. The highest BCUT2D eigenvalue weighted by molar-refractivity contribution is 6.99. The first-order chi connectivity index (χ1) is 28.4. The number of amides is 2. The van der Waals surface area contributed by atoms with Gasteiger partial charge in [0.15, 0.2) is 0 Å². The lowest BCUT2D eigenvalue weighted by Gasteiger charge is -2.44. The van der Waals surface area contributed by atoms with Crippen LogP contribution < -0.4 is 15.3 Å². The summed E-state index contributed by atoms with van der Waals surface area (Å²) >= 11 is 0. The molecule has 304 valence electrons. The summed E-state index contributed by atoms with van der Waals surface area (Å²) in [6.07, 6.45) is 3.59. The molecule has 4 aromatic carbocycles. The number of carbonyl (C=O) groups is 2. The predicted molar refractivity (Wildman–Crippen MR) is 237 cm³/mol. The molecule has 0 bridgehead atoms. The number of anilines is 1. The van der Waals surface area contributed by atoms with Gasteiger partial charge in [0.25, 0.3) is 8.32 Å². The van der Waals surface area contributed by atoms with Crippen LogP contribution in [-0.4, -0.2) is 59.8 Å². The fourth-order valence-corrected chi connectivity index (χ4v) is 14.0. The number of pyridine rings is 1. The lowest BCUT2D eigenvalue weighted by molar-refractivity contribution is -0.123. The first kappa shape index (κ1) is 41.7. The molecule has 1 aliphatic heterocycles. The molecule has 1 saturated heterocycles. The van der Waals surface area contributed by atoms with Crippen LogP contribution in [0.2, 0.25) is 5.04 Å². The van der Waals surface area contributed by atoms with Gasteiger partial charge in [0.2, 0.25) is 11.8 Å². The summed E-state index contributed by atoms with van der Waals surface area (Å²) in [5.74, 6) is -2.79. The van der Waals surface area contributed by atoms with E-state index >= 15 is 0 Å². The molecule has 3 N–H and O–H groups in total. The molecular weight excluding hydrogens is 753 g/mol. The van der Waals surface area contributed by atoms with E-state index in [1.165, 1.54) is 4.90 Å². The SMILES string of the molecule is Cc1cc(/C=C(/CC[C@@H](O)C2=C(CO[Si](c3ccccc3)(c3ccccc3)C(C)(C)C)C[C@H]3C(=O)N(c4ccccc4)C(=O)[C@H]3[C@H]2CO)c2ccccn2)cc(C)c1O. The molecule has 1 fully saturated rings. The highest BCUT2D eigenvalue weighted by Crippen LogP contribution is 2.48. The maximum Gasteiger partial charge on any atom is 0.261 e. The number of hydrogen-bond acceptors (Lipinski definition) is 7. The number of phenols is 1. The number of hydrogen-bond donors (Lipinski definition) is 3. The Morgan fingerprint density at radius 3 is 1.98 bits per heavy atom. The van der Waals surface area contributed by atoms with Gasteiger partial charge in [-0.15, -0.1) is 0 Å². The average molecular weight is 807 g/mol. The first-order valence-corrected chi connectivity index (χ1v) is 22.4. The zero-order valence-corrected chi connectivity index (χ0v) is 35.5. The third-order valence-electron chi connectivity index (χ3n) is 12.2. The molecule has 0 spiro atoms. The van der Waals surface area contributed by atoms with Crippen LogP contribution in [0.25, 0.3) is 11.6 Å². The van der Waals surface area contributed by atoms with Crippen molar-refractivity contribution >= 4 is 47.8 Å². The molecule has 0 saturated carbocycles. The van der Waals surface area contributed by atoms with Crippen molar-refractivity contribution in [2.45, 2.75) is 65.0 Å². The van der Waals surface area contributed by atoms with Crippen LogP contribution in [0.5, 0.6) is 5.75 Å². The summed E-state index contributed by atoms with van der Waals surface area (Å²) in [5, 5.41) is 36.1. The maximum absolute atomic E-state index is 14.4. The number of aliphatic hydroxyl groups excluding tert-OH is 2. The third kappa shape index (κ3) is 8.12. The number of aromatic nitrogens is 1. The van der Waals surface area contributed by atoms with Gasteiger partial charge in [-0.25, -0.2) is 0 Å². The van der Waals surface area contributed by atoms with Gasteiger partial charge in [-0.3, -0.25) is 19.5 Å². The van der Waals surface area contributed by atoms with E-state index in [0.29, 0.717) is 17.7 Å². The molecule has 8 nitrogen and oxygen atoms in total. The Labute approximate surface area is 348 Å². The van der Waals surface area contributed by atoms with E-state index in [1.807, 2.05) is 92.7 Å². The van der Waals surface area contributed by atoms with Crippen LogP contribution >= 0.6 is 0 Å². The Balaban J connectivity index is 1.32. The van der Waals surface area contributed by atoms with Crippen LogP contribution in [0.1, 0.15) is 62.4 Å². The number of fused-ring (bicyclic) bond motifs is 1. The smallest absolute Gasteiger partial charge is 0.261 e. The zero-order chi connectivity index (χ0) is 41.9. The van der Waals surface area contributed by atoms with Crippen molar-refractivity contribution in [3.63, 3.8) is 0 Å². The Kier molecular flexibility index (Phi) is 12.3. The number of nitrogens with zero attached hydrogens (tertiary/aromatic N) is 2. The minimum Gasteiger partial charge on any atom is -0.507 e. The van der Waals surface area contributed by atoms with Crippen LogP contribution in [0, 0.1) is 31.6 Å². The van der Waals surface area contributed by atoms with Crippen molar-refractivity contribution in [3.8, 4) is 5.75 Å². The number of phenolic OH excluding ortho intramolecular Hbond substituents is 1. The molecule has 2 aliphatic rings. The van der Waals surface area contributed by atoms with Gasteiger partial charge in [0.05, 0.1) is 42.5 Å². The van der Waals surface area contributed by atoms with Crippen molar-refractivity contribution in [1.29, 1.82) is 0 Å². The second kappa shape index (κ2) is 17.4. The number of carbonyl (C=O) groups excluding carboxylic acids is 2. The third-order valence-corrected chi connectivity index (χ3v) is 17.2. The van der Waals surface area contributed by atoms with Gasteiger partial charge in [-0.05, 0) is 124 Å². The molecule has 9 heteroatoms. The molecule has 5 aromatic rings. The minimum atomic E-state index is -3.07. The molecule has 2 heterocycles. The lowest BCUT2D eigenvalue weighted by Crippen LogP contribution is -2.66. The van der Waals surface area contributed by atoms with Gasteiger partial charge >= 0.3 is 0 Å². The van der Waals surface area contributed by atoms with E-state index < -0.39 is 38.8 Å². The maximum atomic E-state index is 14.4. The standard InChI is InChI=1S/C50H54N2O6Si/c1-33-27-35(28-34(2)47(33)55)29-36(43-23-15-16-26-51-43)24-25-44(54)45-37(30-41-46(42(45)31-53)49(57)52(48(41)56)38-17-9-6-10-18-38)32-58-59(50(3,4)5,39-19-11-7-12-20-39)40-21-13-8-14-22-40/h6-23,26-29,41-42,44,46,53-55H,24-25,30-32H2,1-5H3/b36-29-/t41-,42+,44-,46-/m1/s1. The normalized spacial score (nSPS) is 19.3. The van der Waals surface area contributed by atoms with Crippen LogP contribution in [0.3, 0.4) is 0 Å². The van der Waals surface area contributed by atoms with E-state index in [0.717, 1.165) is 43.9 Å². The summed E-state index contributed by atoms with van der Waals surface area (Å²) in [6, 6.07) is 39.1. The van der Waals surface area contributed by atoms with E-state index in [1.54, 1.807) is 30.5 Å². The number of para-hydroxylation sites is 1. The highest BCUT2D eigenvalue weighted by Gasteiger charge is 2.56. The van der Waals surface area contributed by atoms with Crippen molar-refractivity contribution < 1.29 is 29.3 Å². The topological polar surface area (TPSA) is 120 Å². The molecule has 0 unspecified atom stereocenters. The Morgan fingerprint density at radius 1 is 0.864 bits per heavy atom. The van der Waals surface area contributed by atoms with E-state index in [-0.39, 0.29) is 42.1 Å². The van der Waals surface area contributed by atoms with Gasteiger partial charge in [-0.2, -0.15) is 0 Å². The Bertz CT molecular complexity index is 2280. The van der Waals surface area contributed by atoms with Gasteiger partial charge in [0.1, 0.15) is 5.75 Å². The summed E-state index contributed by atoms with van der Waals surface area (Å²) in [5.41, 5.74) is 5.86. The molecular formula is C50H54N2O6Si. The number of imide groups is 1. The van der Waals surface area contributed by atoms with Crippen LogP contribution in [-0.2, 0) is 14.0 Å². The Morgan fingerprint density at radius 2 is 1.44 bits per heavy atom. The van der Waals surface area contributed by atoms with Crippen molar-refractivity contribution in [2.75, 3.05) is 18.1 Å². The number of rotatable bonds is 13. The minimum absolute atomic E-state index is 0.112. The molecule has 59 heavy (non-hydrogen) atoms. The Hall–Kier alpha value is -5.45. The van der Waals surface area contributed by atoms with Crippen LogP contribution in [0.4, 0.5) is 5.69 Å². The van der Waals surface area contributed by atoms with Gasteiger partial charge in [-0.1, -0.05) is 106 Å². The molecule has 1 aromatic heterocycles. The van der Waals surface area contributed by atoms with E-state index in [9.17, 15) is 24.9 Å². The van der Waals surface area contributed by atoms with Crippen molar-refractivity contribution in [2.24, 2.45) is 17.8 Å². The number of aromatic hydroxyl groups is 1. The number of aliphatic hydroxyl groups is 2. The van der Waals surface area contributed by atoms with Gasteiger partial charge < -0.3 is 19.7 Å². The fourth-order valence-electron chi connectivity index (χ4n) is 9.43. The van der Waals surface area contributed by atoms with Crippen LogP contribution in [0.15, 0.2) is 139 Å². The fraction of sp³-hybridized carbons (Fsp3) is 0.300. The molecule has 4 atom stereocenters. The van der Waals surface area contributed by atoms with E-state index in [2.05, 4.69) is 50.0 Å². The zero-order valence-electron chi connectivity index (χ0n) is 34.5. The largest absolute Gasteiger partial charge is 0.507 e. The summed E-state index contributed by atoms with van der Waals surface area (Å²) in [4.78, 5) is 34.6. The number of aryl methyl sites for hydroxylation is 2. The van der Waals surface area contributed by atoms with Crippen molar-refractivity contribution in [3.05, 3.63) is 161 Å². The summed E-state index contributed by atoms with van der Waals surface area (Å²) < 4.78 is 7.44. The molecule has 7 rings (SSSR count). The number of benzene rings is 4. The number of allylic oxidation sites excluding steroid dienone is 1. The van der Waals surface area contributed by atoms with Crippen molar-refractivity contribution in [1.82, 2.24) is 4.98 Å². The summed E-state index contributed by atoms with van der Waals surface area (Å²) in [6.45, 7) is 10.0.